The maximum Gasteiger partial charge on any atom is 0.176 e. The average Bonchev–Trinajstić information content (AvgIpc) is 3.78. The van der Waals surface area contributed by atoms with Crippen molar-refractivity contribution in [1.29, 1.82) is 0 Å². The minimum absolute atomic E-state index is 0.326. The van der Waals surface area contributed by atoms with E-state index in [9.17, 15) is 0 Å². The molecule has 0 bridgehead atoms. The molecule has 0 N–H and O–H groups in total. The lowest BCUT2D eigenvalue weighted by Crippen LogP contribution is -2.02. The molecule has 3 aromatic heterocycles. The fraction of sp³-hybridized carbons (Fsp3) is 0. The van der Waals surface area contributed by atoms with Crippen molar-refractivity contribution in [3.63, 3.8) is 0 Å². The van der Waals surface area contributed by atoms with Crippen LogP contribution in [0.1, 0.15) is 0 Å². The molecule has 12 rings (SSSR count). The van der Waals surface area contributed by atoms with Gasteiger partial charge in [-0.2, -0.15) is 0 Å². The summed E-state index contributed by atoms with van der Waals surface area (Å²) in [7, 11) is 0. The van der Waals surface area contributed by atoms with Crippen molar-refractivity contribution in [1.82, 2.24) is 14.5 Å². The average molecular weight is 696 g/mol. The number of nitrogens with zero attached hydrogens (tertiary/aromatic N) is 3. The summed E-state index contributed by atoms with van der Waals surface area (Å²) in [5.74, 6) is 0.564. The topological polar surface area (TPSA) is 43.9 Å². The second-order valence-electron chi connectivity index (χ2n) is 13.8. The minimum atomic E-state index is 0.326. The van der Waals surface area contributed by atoms with Gasteiger partial charge in [-0.05, 0) is 61.6 Å². The molecule has 0 fully saturated rings. The van der Waals surface area contributed by atoms with Gasteiger partial charge in [0.25, 0.3) is 0 Å². The predicted octanol–water partition coefficient (Wildman–Crippen LogP) is 13.6. The fourth-order valence-electron chi connectivity index (χ4n) is 8.79. The van der Waals surface area contributed by atoms with Crippen molar-refractivity contribution in [3.8, 4) is 16.9 Å². The highest BCUT2D eigenvalue weighted by molar-refractivity contribution is 6.38. The number of hydrogen-bond donors (Lipinski definition) is 0. The summed E-state index contributed by atoms with van der Waals surface area (Å²) in [5, 5.41) is 13.6. The highest BCUT2D eigenvalue weighted by Crippen LogP contribution is 2.48. The largest absolute Gasteiger partial charge is 0.454 e. The number of hydrogen-bond acceptors (Lipinski definition) is 3. The van der Waals surface area contributed by atoms with E-state index in [4.69, 9.17) is 26.0 Å². The van der Waals surface area contributed by atoms with Crippen LogP contribution in [0.25, 0.3) is 115 Å². The van der Waals surface area contributed by atoms with E-state index >= 15 is 0 Å². The Kier molecular flexibility index (Phi) is 5.80. The van der Waals surface area contributed by atoms with Gasteiger partial charge in [-0.25, -0.2) is 9.97 Å². The maximum atomic E-state index is 7.38. The van der Waals surface area contributed by atoms with Crippen LogP contribution in [0.15, 0.2) is 162 Å². The Bertz CT molecular complexity index is 3530. The van der Waals surface area contributed by atoms with Crippen LogP contribution in [-0.2, 0) is 0 Å². The molecule has 246 valence electrons. The standard InChI is InChI=1S/C48H26ClN3O/c49-47-48(51-44-36-21-11-7-17-32(36)31-16-6-10-20-35(31)43(44)50-47)52-38-24-22-29(27-12-2-1-3-13-27)26-37(38)40-33-18-8-9-19-34(33)42-41-30-15-5-4-14-28(30)23-25-39(41)53-46(42)45(40)52/h1-26H. The molecule has 0 spiro atoms. The number of benzene rings is 9. The second-order valence-corrected chi connectivity index (χ2v) is 14.2. The molecular formula is C48H26ClN3O. The SMILES string of the molecule is Clc1nc2c3ccccc3c3ccccc3c2nc1-n1c2ccc(-c3ccccc3)cc2c2c3ccccc3c3c(oc4ccc5ccccc5c43)c21. The smallest absolute Gasteiger partial charge is 0.176 e. The summed E-state index contributed by atoms with van der Waals surface area (Å²) < 4.78 is 9.22. The number of halogens is 1. The van der Waals surface area contributed by atoms with Crippen molar-refractivity contribution < 1.29 is 4.42 Å². The molecule has 12 aromatic rings. The maximum absolute atomic E-state index is 7.38. The summed E-state index contributed by atoms with van der Waals surface area (Å²) in [4.78, 5) is 10.7. The van der Waals surface area contributed by atoms with Gasteiger partial charge in [0, 0.05) is 32.3 Å². The third kappa shape index (κ3) is 3.90. The molecule has 5 heteroatoms. The van der Waals surface area contributed by atoms with Gasteiger partial charge >= 0.3 is 0 Å². The zero-order valence-electron chi connectivity index (χ0n) is 28.1. The van der Waals surface area contributed by atoms with E-state index in [0.29, 0.717) is 11.0 Å². The summed E-state index contributed by atoms with van der Waals surface area (Å²) >= 11 is 7.38. The van der Waals surface area contributed by atoms with Crippen molar-refractivity contribution >= 4 is 109 Å². The van der Waals surface area contributed by atoms with Crippen LogP contribution >= 0.6 is 11.6 Å². The molecule has 0 atom stereocenters. The molecule has 0 aliphatic rings. The Labute approximate surface area is 307 Å². The molecule has 0 saturated carbocycles. The highest BCUT2D eigenvalue weighted by Gasteiger charge is 2.26. The lowest BCUT2D eigenvalue weighted by atomic mass is 9.96. The van der Waals surface area contributed by atoms with Gasteiger partial charge in [-0.3, -0.25) is 4.57 Å². The van der Waals surface area contributed by atoms with Crippen LogP contribution in [0.3, 0.4) is 0 Å². The van der Waals surface area contributed by atoms with E-state index in [1.165, 1.54) is 5.39 Å². The van der Waals surface area contributed by atoms with Gasteiger partial charge < -0.3 is 4.42 Å². The van der Waals surface area contributed by atoms with Gasteiger partial charge in [-0.1, -0.05) is 151 Å². The molecule has 0 amide bonds. The highest BCUT2D eigenvalue weighted by atomic mass is 35.5. The van der Waals surface area contributed by atoms with Crippen LogP contribution in [0.4, 0.5) is 0 Å². The predicted molar refractivity (Wildman–Crippen MR) is 222 cm³/mol. The third-order valence-electron chi connectivity index (χ3n) is 11.0. The molecular weight excluding hydrogens is 670 g/mol. The monoisotopic (exact) mass is 695 g/mol. The van der Waals surface area contributed by atoms with E-state index in [0.717, 1.165) is 104 Å². The van der Waals surface area contributed by atoms with Crippen molar-refractivity contribution in [2.75, 3.05) is 0 Å². The Hall–Kier alpha value is -6.75. The second kappa shape index (κ2) is 10.6. The summed E-state index contributed by atoms with van der Waals surface area (Å²) in [6.07, 6.45) is 0. The van der Waals surface area contributed by atoms with Gasteiger partial charge in [0.05, 0.1) is 22.1 Å². The lowest BCUT2D eigenvalue weighted by molar-refractivity contribution is 0.671. The molecule has 0 saturated heterocycles. The number of rotatable bonds is 2. The molecule has 4 nitrogen and oxygen atoms in total. The van der Waals surface area contributed by atoms with Crippen LogP contribution in [0, 0.1) is 0 Å². The Morgan fingerprint density at radius 3 is 1.79 bits per heavy atom. The molecule has 53 heavy (non-hydrogen) atoms. The van der Waals surface area contributed by atoms with Gasteiger partial charge in [-0.15, -0.1) is 0 Å². The number of furan rings is 1. The molecule has 0 aliphatic heterocycles. The molecule has 0 aliphatic carbocycles. The van der Waals surface area contributed by atoms with Gasteiger partial charge in [0.1, 0.15) is 5.58 Å². The van der Waals surface area contributed by atoms with Crippen LogP contribution in [-0.4, -0.2) is 14.5 Å². The summed E-state index contributed by atoms with van der Waals surface area (Å²) in [5.41, 5.74) is 7.40. The Morgan fingerprint density at radius 2 is 1.06 bits per heavy atom. The van der Waals surface area contributed by atoms with E-state index < -0.39 is 0 Å². The summed E-state index contributed by atoms with van der Waals surface area (Å²) in [6, 6.07) is 55.5. The molecule has 9 aromatic carbocycles. The van der Waals surface area contributed by atoms with E-state index in [1.54, 1.807) is 0 Å². The first-order chi connectivity index (χ1) is 26.2. The zero-order chi connectivity index (χ0) is 34.8. The fourth-order valence-corrected chi connectivity index (χ4v) is 9.00. The normalized spacial score (nSPS) is 12.2. The zero-order valence-corrected chi connectivity index (χ0v) is 28.9. The number of aromatic nitrogens is 3. The van der Waals surface area contributed by atoms with E-state index in [2.05, 4.69) is 156 Å². The lowest BCUT2D eigenvalue weighted by Gasteiger charge is -2.14. The van der Waals surface area contributed by atoms with Gasteiger partial charge in [0.15, 0.2) is 16.6 Å². The van der Waals surface area contributed by atoms with Gasteiger partial charge in [0.2, 0.25) is 0 Å². The number of fused-ring (bicyclic) bond motifs is 18. The first-order valence-corrected chi connectivity index (χ1v) is 18.2. The molecule has 3 heterocycles. The summed E-state index contributed by atoms with van der Waals surface area (Å²) in [6.45, 7) is 0. The van der Waals surface area contributed by atoms with Crippen molar-refractivity contribution in [2.45, 2.75) is 0 Å². The molecule has 0 unspecified atom stereocenters. The first kappa shape index (κ1) is 28.9. The first-order valence-electron chi connectivity index (χ1n) is 17.8. The third-order valence-corrected chi connectivity index (χ3v) is 11.3. The van der Waals surface area contributed by atoms with Crippen LogP contribution in [0.5, 0.6) is 0 Å². The Morgan fingerprint density at radius 1 is 0.453 bits per heavy atom. The van der Waals surface area contributed by atoms with Crippen LogP contribution in [0.2, 0.25) is 5.15 Å². The molecule has 0 radical (unpaired) electrons. The Balaban J connectivity index is 1.32. The van der Waals surface area contributed by atoms with Crippen LogP contribution < -0.4 is 0 Å². The quantitative estimate of drug-likeness (QED) is 0.169. The van der Waals surface area contributed by atoms with Crippen molar-refractivity contribution in [3.05, 3.63) is 163 Å². The minimum Gasteiger partial charge on any atom is -0.454 e. The van der Waals surface area contributed by atoms with Crippen molar-refractivity contribution in [2.24, 2.45) is 0 Å². The van der Waals surface area contributed by atoms with E-state index in [1.807, 2.05) is 6.07 Å². The van der Waals surface area contributed by atoms with E-state index in [-0.39, 0.29) is 0 Å².